The van der Waals surface area contributed by atoms with Gasteiger partial charge in [0, 0.05) is 12.3 Å². The van der Waals surface area contributed by atoms with Gasteiger partial charge in [-0.15, -0.1) is 0 Å². The van der Waals surface area contributed by atoms with Crippen LogP contribution in [0.25, 0.3) is 5.57 Å². The highest BCUT2D eigenvalue weighted by molar-refractivity contribution is 6.78. The second-order valence-electron chi connectivity index (χ2n) is 14.9. The first kappa shape index (κ1) is 36.5. The molecule has 0 saturated carbocycles. The van der Waals surface area contributed by atoms with Crippen molar-refractivity contribution < 1.29 is 23.3 Å². The molecule has 8 nitrogen and oxygen atoms in total. The van der Waals surface area contributed by atoms with Crippen molar-refractivity contribution in [1.29, 1.82) is 0 Å². The van der Waals surface area contributed by atoms with E-state index < -0.39 is 27.5 Å². The molecule has 1 atom stereocenters. The Labute approximate surface area is 272 Å². The molecule has 0 saturated heterocycles. The van der Waals surface area contributed by atoms with E-state index in [1.54, 1.807) is 4.90 Å². The summed E-state index contributed by atoms with van der Waals surface area (Å²) in [6.45, 7) is 26.2. The number of hydrogen-bond donors (Lipinski definition) is 0. The summed E-state index contributed by atoms with van der Waals surface area (Å²) in [7, 11) is -3.09. The SMILES string of the molecule is COc1cc(C(=O)N2C=C(c3ccc(C)cc3)C[C@H]2CO[Si](C)(C)C(C)(C)C)c([N+](=O)[O-])cc1O[Si](C(C)C)(C(C)C)C(C)C. The fourth-order valence-electron chi connectivity index (χ4n) is 6.32. The van der Waals surface area contributed by atoms with Crippen molar-refractivity contribution in [2.75, 3.05) is 13.7 Å². The Kier molecular flexibility index (Phi) is 11.2. The average Bonchev–Trinajstić information content (AvgIpc) is 3.37. The Bertz CT molecular complexity index is 1390. The lowest BCUT2D eigenvalue weighted by Crippen LogP contribution is -2.50. The normalized spacial score (nSPS) is 16.0. The van der Waals surface area contributed by atoms with E-state index >= 15 is 0 Å². The van der Waals surface area contributed by atoms with Crippen molar-refractivity contribution in [1.82, 2.24) is 4.90 Å². The summed E-state index contributed by atoms with van der Waals surface area (Å²) in [5.74, 6) is 0.176. The molecule has 1 aliphatic rings. The van der Waals surface area contributed by atoms with Crippen molar-refractivity contribution in [3.05, 3.63) is 69.4 Å². The average molecular weight is 655 g/mol. The third-order valence-electron chi connectivity index (χ3n) is 9.95. The van der Waals surface area contributed by atoms with E-state index in [4.69, 9.17) is 13.6 Å². The Hall–Kier alpha value is -2.96. The monoisotopic (exact) mass is 654 g/mol. The molecule has 0 aliphatic carbocycles. The molecule has 10 heteroatoms. The van der Waals surface area contributed by atoms with Gasteiger partial charge in [0.25, 0.3) is 19.9 Å². The van der Waals surface area contributed by atoms with Crippen LogP contribution in [0.2, 0.25) is 34.8 Å². The number of carbonyl (C=O) groups excluding carboxylic acids is 1. The second kappa shape index (κ2) is 13.8. The maximum absolute atomic E-state index is 14.4. The minimum Gasteiger partial charge on any atom is -0.540 e. The van der Waals surface area contributed by atoms with Gasteiger partial charge in [-0.1, -0.05) is 92.1 Å². The lowest BCUT2D eigenvalue weighted by atomic mass is 10.0. The van der Waals surface area contributed by atoms with Gasteiger partial charge in [-0.25, -0.2) is 0 Å². The van der Waals surface area contributed by atoms with E-state index in [9.17, 15) is 14.9 Å². The standard InChI is InChI=1S/C35H54N2O6Si2/c1-23(2)45(24(3)4,25(5)6)43-33-20-31(37(39)40)30(19-32(33)41-11)34(38)36-21-28(27-16-14-26(7)15-17-27)18-29(36)22-42-44(12,13)35(8,9)10/h14-17,19-21,23-25,29H,18,22H2,1-13H3/t29-/m0/s1. The zero-order valence-corrected chi connectivity index (χ0v) is 31.6. The minimum atomic E-state index is -2.47. The second-order valence-corrected chi connectivity index (χ2v) is 25.0. The van der Waals surface area contributed by atoms with Crippen LogP contribution in [-0.4, -0.2) is 52.1 Å². The first-order chi connectivity index (χ1) is 20.8. The van der Waals surface area contributed by atoms with Gasteiger partial charge in [0.2, 0.25) is 0 Å². The number of carbonyl (C=O) groups is 1. The number of nitro benzene ring substituents is 1. The molecule has 3 rings (SSSR count). The molecular formula is C35H54N2O6Si2. The van der Waals surface area contributed by atoms with E-state index in [1.807, 2.05) is 37.4 Å². The van der Waals surface area contributed by atoms with Crippen LogP contribution in [0.15, 0.2) is 42.6 Å². The summed E-state index contributed by atoms with van der Waals surface area (Å²) in [5.41, 5.74) is 3.57. The van der Waals surface area contributed by atoms with Crippen LogP contribution in [0.5, 0.6) is 11.5 Å². The van der Waals surface area contributed by atoms with Crippen LogP contribution in [0.3, 0.4) is 0 Å². The van der Waals surface area contributed by atoms with Crippen LogP contribution in [0.4, 0.5) is 5.69 Å². The molecule has 0 bridgehead atoms. The smallest absolute Gasteiger partial charge is 0.286 e. The molecule has 248 valence electrons. The molecule has 2 aromatic carbocycles. The molecular weight excluding hydrogens is 601 g/mol. The highest BCUT2D eigenvalue weighted by Gasteiger charge is 2.48. The maximum Gasteiger partial charge on any atom is 0.286 e. The summed E-state index contributed by atoms with van der Waals surface area (Å²) >= 11 is 0. The predicted octanol–water partition coefficient (Wildman–Crippen LogP) is 9.74. The summed E-state index contributed by atoms with van der Waals surface area (Å²) in [5, 5.41) is 12.5. The number of rotatable bonds is 12. The molecule has 1 heterocycles. The van der Waals surface area contributed by atoms with E-state index in [0.717, 1.165) is 16.7 Å². The molecule has 2 aromatic rings. The fourth-order valence-corrected chi connectivity index (χ4v) is 12.6. The summed E-state index contributed by atoms with van der Waals surface area (Å²) in [6.07, 6.45) is 2.42. The number of nitrogens with zero attached hydrogens (tertiary/aromatic N) is 2. The van der Waals surface area contributed by atoms with Gasteiger partial charge in [0.05, 0.1) is 30.7 Å². The number of hydrogen-bond acceptors (Lipinski definition) is 6. The lowest BCUT2D eigenvalue weighted by Gasteiger charge is -2.42. The molecule has 0 N–H and O–H groups in total. The number of benzene rings is 2. The number of amides is 1. The quantitative estimate of drug-likeness (QED) is 0.129. The largest absolute Gasteiger partial charge is 0.540 e. The molecule has 45 heavy (non-hydrogen) atoms. The lowest BCUT2D eigenvalue weighted by molar-refractivity contribution is -0.385. The van der Waals surface area contributed by atoms with Gasteiger partial charge in [-0.05, 0) is 59.2 Å². The van der Waals surface area contributed by atoms with E-state index in [1.165, 1.54) is 19.2 Å². The molecule has 0 aromatic heterocycles. The molecule has 0 fully saturated rings. The Morgan fingerprint density at radius 3 is 2.02 bits per heavy atom. The van der Waals surface area contributed by atoms with Crippen LogP contribution in [0, 0.1) is 17.0 Å². The Morgan fingerprint density at radius 1 is 1.00 bits per heavy atom. The third-order valence-corrected chi connectivity index (χ3v) is 20.4. The van der Waals surface area contributed by atoms with Crippen LogP contribution >= 0.6 is 0 Å². The molecule has 0 radical (unpaired) electrons. The predicted molar refractivity (Wildman–Crippen MR) is 188 cm³/mol. The van der Waals surface area contributed by atoms with E-state index in [2.05, 4.69) is 75.4 Å². The first-order valence-electron chi connectivity index (χ1n) is 16.1. The van der Waals surface area contributed by atoms with Crippen molar-refractivity contribution in [2.24, 2.45) is 0 Å². The van der Waals surface area contributed by atoms with E-state index in [-0.39, 0.29) is 39.0 Å². The third kappa shape index (κ3) is 7.55. The first-order valence-corrected chi connectivity index (χ1v) is 21.1. The van der Waals surface area contributed by atoms with Gasteiger partial charge in [0.1, 0.15) is 5.56 Å². The Balaban J connectivity index is 2.12. The summed E-state index contributed by atoms with van der Waals surface area (Å²) < 4.78 is 19.2. The molecule has 1 amide bonds. The highest BCUT2D eigenvalue weighted by Crippen LogP contribution is 2.47. The van der Waals surface area contributed by atoms with Crippen molar-refractivity contribution in [2.45, 2.75) is 116 Å². The van der Waals surface area contributed by atoms with Gasteiger partial charge < -0.3 is 18.5 Å². The van der Waals surface area contributed by atoms with Crippen LogP contribution in [0.1, 0.15) is 90.2 Å². The number of nitro groups is 1. The highest BCUT2D eigenvalue weighted by atomic mass is 28.4. The molecule has 0 unspecified atom stereocenters. The van der Waals surface area contributed by atoms with E-state index in [0.29, 0.717) is 24.5 Å². The van der Waals surface area contributed by atoms with Gasteiger partial charge in [0.15, 0.2) is 19.8 Å². The fraction of sp³-hybridized carbons (Fsp3) is 0.571. The molecule has 0 spiro atoms. The minimum absolute atomic E-state index is 0.00383. The number of ether oxygens (including phenoxy) is 1. The molecule has 1 aliphatic heterocycles. The summed E-state index contributed by atoms with van der Waals surface area (Å²) in [4.78, 5) is 28.0. The van der Waals surface area contributed by atoms with Gasteiger partial charge >= 0.3 is 0 Å². The topological polar surface area (TPSA) is 91.1 Å². The summed E-state index contributed by atoms with van der Waals surface area (Å²) in [6, 6.07) is 10.8. The van der Waals surface area contributed by atoms with Crippen molar-refractivity contribution in [3.63, 3.8) is 0 Å². The van der Waals surface area contributed by atoms with Gasteiger partial charge in [-0.2, -0.15) is 0 Å². The van der Waals surface area contributed by atoms with Gasteiger partial charge in [-0.3, -0.25) is 14.9 Å². The Morgan fingerprint density at radius 2 is 1.56 bits per heavy atom. The van der Waals surface area contributed by atoms with Crippen LogP contribution < -0.4 is 9.16 Å². The number of aryl methyl sites for hydroxylation is 1. The number of methoxy groups -OCH3 is 1. The van der Waals surface area contributed by atoms with Crippen molar-refractivity contribution >= 4 is 33.8 Å². The van der Waals surface area contributed by atoms with Crippen LogP contribution in [-0.2, 0) is 4.43 Å². The zero-order chi connectivity index (χ0) is 34.1. The van der Waals surface area contributed by atoms with Crippen molar-refractivity contribution in [3.8, 4) is 11.5 Å². The zero-order valence-electron chi connectivity index (χ0n) is 29.6. The maximum atomic E-state index is 14.4.